The molecule has 0 aromatic rings. The summed E-state index contributed by atoms with van der Waals surface area (Å²) in [7, 11) is 1.34. The predicted octanol–water partition coefficient (Wildman–Crippen LogP) is -2.60. The fourth-order valence-corrected chi connectivity index (χ4v) is 1.31. The maximum absolute atomic E-state index is 9.35. The summed E-state index contributed by atoms with van der Waals surface area (Å²) in [5, 5.41) is 28.0. The number of ether oxygens (including phenoxy) is 2. The van der Waals surface area contributed by atoms with E-state index in [2.05, 4.69) is 0 Å². The third-order valence-electron chi connectivity index (χ3n) is 2.13. The number of hydrogen-bond acceptors (Lipinski definition) is 6. The molecule has 0 unspecified atom stereocenters. The van der Waals surface area contributed by atoms with Crippen LogP contribution in [-0.2, 0) is 9.47 Å². The second-order valence-corrected chi connectivity index (χ2v) is 2.99. The molecule has 13 heavy (non-hydrogen) atoms. The first-order valence-corrected chi connectivity index (χ1v) is 4.04. The molecule has 1 heterocycles. The molecule has 0 aromatic heterocycles. The number of rotatable bonds is 2. The van der Waals surface area contributed by atoms with Crippen LogP contribution in [0.15, 0.2) is 0 Å². The SMILES string of the molecule is CO[C@H]1O[C@H](CN)[C@H](O)[C@@H](O)[C@@H]1O. The van der Waals surface area contributed by atoms with Gasteiger partial charge in [0.15, 0.2) is 6.29 Å². The predicted molar refractivity (Wildman–Crippen MR) is 42.7 cm³/mol. The van der Waals surface area contributed by atoms with Crippen molar-refractivity contribution in [2.75, 3.05) is 13.7 Å². The highest BCUT2D eigenvalue weighted by molar-refractivity contribution is 4.89. The standard InChI is InChI=1S/C7H15NO5/c1-12-7-6(11)5(10)4(9)3(2-8)13-7/h3-7,9-11H,2,8H2,1H3/t3-,4+,5-,6+,7+/m1/s1. The first-order chi connectivity index (χ1) is 6.11. The summed E-state index contributed by atoms with van der Waals surface area (Å²) in [6.45, 7) is 0.0603. The van der Waals surface area contributed by atoms with Crippen LogP contribution in [0.1, 0.15) is 0 Å². The molecule has 0 radical (unpaired) electrons. The van der Waals surface area contributed by atoms with Crippen LogP contribution in [0.5, 0.6) is 0 Å². The zero-order valence-electron chi connectivity index (χ0n) is 7.33. The lowest BCUT2D eigenvalue weighted by atomic mass is 9.99. The van der Waals surface area contributed by atoms with Gasteiger partial charge in [-0.05, 0) is 0 Å². The average Bonchev–Trinajstić information content (AvgIpc) is 2.15. The molecule has 6 heteroatoms. The van der Waals surface area contributed by atoms with E-state index in [0.29, 0.717) is 0 Å². The van der Waals surface area contributed by atoms with Crippen LogP contribution >= 0.6 is 0 Å². The van der Waals surface area contributed by atoms with Crippen molar-refractivity contribution in [3.05, 3.63) is 0 Å². The van der Waals surface area contributed by atoms with Gasteiger partial charge >= 0.3 is 0 Å². The fourth-order valence-electron chi connectivity index (χ4n) is 1.31. The number of nitrogens with two attached hydrogens (primary N) is 1. The van der Waals surface area contributed by atoms with E-state index in [1.54, 1.807) is 0 Å². The molecule has 1 rings (SSSR count). The molecule has 0 saturated carbocycles. The van der Waals surface area contributed by atoms with E-state index in [1.165, 1.54) is 7.11 Å². The van der Waals surface area contributed by atoms with Crippen LogP contribution in [0, 0.1) is 0 Å². The highest BCUT2D eigenvalue weighted by Crippen LogP contribution is 2.20. The number of methoxy groups -OCH3 is 1. The minimum absolute atomic E-state index is 0.0603. The van der Waals surface area contributed by atoms with Gasteiger partial charge in [0, 0.05) is 13.7 Å². The quantitative estimate of drug-likeness (QED) is 0.383. The molecule has 6 nitrogen and oxygen atoms in total. The third kappa shape index (κ3) is 1.98. The molecular weight excluding hydrogens is 178 g/mol. The minimum atomic E-state index is -1.28. The van der Waals surface area contributed by atoms with Gasteiger partial charge in [-0.1, -0.05) is 0 Å². The van der Waals surface area contributed by atoms with Gasteiger partial charge in [0.1, 0.15) is 24.4 Å². The summed E-state index contributed by atoms with van der Waals surface area (Å²) in [5.74, 6) is 0. The first kappa shape index (κ1) is 10.8. The molecule has 0 bridgehead atoms. The smallest absolute Gasteiger partial charge is 0.186 e. The Labute approximate surface area is 75.9 Å². The summed E-state index contributed by atoms with van der Waals surface area (Å²) >= 11 is 0. The molecule has 0 aromatic carbocycles. The molecule has 5 N–H and O–H groups in total. The molecule has 0 aliphatic carbocycles. The maximum Gasteiger partial charge on any atom is 0.186 e. The summed E-state index contributed by atoms with van der Waals surface area (Å²) in [6.07, 6.45) is -5.35. The van der Waals surface area contributed by atoms with Gasteiger partial charge in [-0.15, -0.1) is 0 Å². The van der Waals surface area contributed by atoms with Crippen molar-refractivity contribution in [2.24, 2.45) is 5.73 Å². The molecule has 1 aliphatic heterocycles. The van der Waals surface area contributed by atoms with Crippen molar-refractivity contribution >= 4 is 0 Å². The van der Waals surface area contributed by atoms with Crippen LogP contribution in [0.2, 0.25) is 0 Å². The minimum Gasteiger partial charge on any atom is -0.388 e. The highest BCUT2D eigenvalue weighted by atomic mass is 16.7. The number of hydrogen-bond donors (Lipinski definition) is 4. The molecule has 1 aliphatic rings. The van der Waals surface area contributed by atoms with Gasteiger partial charge < -0.3 is 30.5 Å². The number of aliphatic hydroxyl groups is 3. The Morgan fingerprint density at radius 3 is 2.31 bits per heavy atom. The Hall–Kier alpha value is -0.240. The molecule has 1 fully saturated rings. The summed E-state index contributed by atoms with van der Waals surface area (Å²) < 4.78 is 9.83. The molecular formula is C7H15NO5. The van der Waals surface area contributed by atoms with Crippen molar-refractivity contribution in [3.63, 3.8) is 0 Å². The molecule has 0 spiro atoms. The lowest BCUT2D eigenvalue weighted by Crippen LogP contribution is -2.59. The van der Waals surface area contributed by atoms with Crippen molar-refractivity contribution < 1.29 is 24.8 Å². The van der Waals surface area contributed by atoms with Gasteiger partial charge in [-0.3, -0.25) is 0 Å². The summed E-state index contributed by atoms with van der Waals surface area (Å²) in [4.78, 5) is 0. The molecule has 0 amide bonds. The third-order valence-corrected chi connectivity index (χ3v) is 2.13. The van der Waals surface area contributed by atoms with E-state index >= 15 is 0 Å². The second kappa shape index (κ2) is 4.32. The van der Waals surface area contributed by atoms with Crippen LogP contribution < -0.4 is 5.73 Å². The van der Waals surface area contributed by atoms with Crippen molar-refractivity contribution in [2.45, 2.75) is 30.7 Å². The zero-order chi connectivity index (χ0) is 10.0. The average molecular weight is 193 g/mol. The van der Waals surface area contributed by atoms with E-state index in [4.69, 9.17) is 15.2 Å². The summed E-state index contributed by atoms with van der Waals surface area (Å²) in [5.41, 5.74) is 5.28. The van der Waals surface area contributed by atoms with Crippen LogP contribution in [-0.4, -0.2) is 59.7 Å². The maximum atomic E-state index is 9.35. The van der Waals surface area contributed by atoms with E-state index in [0.717, 1.165) is 0 Å². The Morgan fingerprint density at radius 2 is 1.85 bits per heavy atom. The largest absolute Gasteiger partial charge is 0.388 e. The zero-order valence-corrected chi connectivity index (χ0v) is 7.33. The van der Waals surface area contributed by atoms with Gasteiger partial charge in [0.05, 0.1) is 0 Å². The van der Waals surface area contributed by atoms with Crippen molar-refractivity contribution in [1.29, 1.82) is 0 Å². The van der Waals surface area contributed by atoms with Crippen molar-refractivity contribution in [3.8, 4) is 0 Å². The Morgan fingerprint density at radius 1 is 1.23 bits per heavy atom. The fraction of sp³-hybridized carbons (Fsp3) is 1.00. The van der Waals surface area contributed by atoms with Gasteiger partial charge in [-0.25, -0.2) is 0 Å². The Bertz CT molecular complexity index is 147. The van der Waals surface area contributed by atoms with E-state index in [1.807, 2.05) is 0 Å². The van der Waals surface area contributed by atoms with Gasteiger partial charge in [0.25, 0.3) is 0 Å². The van der Waals surface area contributed by atoms with E-state index in [9.17, 15) is 15.3 Å². The highest BCUT2D eigenvalue weighted by Gasteiger charge is 2.43. The second-order valence-electron chi connectivity index (χ2n) is 2.99. The molecule has 1 saturated heterocycles. The van der Waals surface area contributed by atoms with Crippen LogP contribution in [0.3, 0.4) is 0 Å². The van der Waals surface area contributed by atoms with Gasteiger partial charge in [-0.2, -0.15) is 0 Å². The molecule has 78 valence electrons. The van der Waals surface area contributed by atoms with Crippen LogP contribution in [0.25, 0.3) is 0 Å². The number of aliphatic hydroxyl groups excluding tert-OH is 3. The topological polar surface area (TPSA) is 105 Å². The normalized spacial score (nSPS) is 46.4. The first-order valence-electron chi connectivity index (χ1n) is 4.04. The molecule has 5 atom stereocenters. The van der Waals surface area contributed by atoms with Crippen molar-refractivity contribution in [1.82, 2.24) is 0 Å². The lowest BCUT2D eigenvalue weighted by Gasteiger charge is -2.39. The Kier molecular flexibility index (Phi) is 3.60. The van der Waals surface area contributed by atoms with E-state index < -0.39 is 30.7 Å². The van der Waals surface area contributed by atoms with Crippen LogP contribution in [0.4, 0.5) is 0 Å². The van der Waals surface area contributed by atoms with E-state index in [-0.39, 0.29) is 6.54 Å². The van der Waals surface area contributed by atoms with Gasteiger partial charge in [0.2, 0.25) is 0 Å². The monoisotopic (exact) mass is 193 g/mol. The summed E-state index contributed by atoms with van der Waals surface area (Å²) in [6, 6.07) is 0. The Balaban J connectivity index is 2.66. The lowest BCUT2D eigenvalue weighted by molar-refractivity contribution is -0.287.